The third kappa shape index (κ3) is 4.71. The van der Waals surface area contributed by atoms with Crippen LogP contribution in [0, 0.1) is 5.41 Å². The van der Waals surface area contributed by atoms with Gasteiger partial charge in [0.05, 0.1) is 6.54 Å². The lowest BCUT2D eigenvalue weighted by atomic mass is 10.2. The molecule has 0 aromatic carbocycles. The van der Waals surface area contributed by atoms with E-state index in [0.29, 0.717) is 6.42 Å². The van der Waals surface area contributed by atoms with Crippen LogP contribution in [0.2, 0.25) is 0 Å². The molecule has 0 aromatic heterocycles. The molecule has 0 aliphatic rings. The second-order valence-corrected chi connectivity index (χ2v) is 2.88. The Balaban J connectivity index is 3.61. The van der Waals surface area contributed by atoms with E-state index in [1.807, 2.05) is 6.92 Å². The third-order valence-electron chi connectivity index (χ3n) is 1.63. The van der Waals surface area contributed by atoms with E-state index in [1.165, 1.54) is 4.90 Å². The molecule has 0 aromatic rings. The van der Waals surface area contributed by atoms with Crippen LogP contribution >= 0.6 is 0 Å². The lowest BCUT2D eigenvalue weighted by molar-refractivity contribution is -0.119. The molecule has 0 spiro atoms. The van der Waals surface area contributed by atoms with Crippen molar-refractivity contribution < 1.29 is 4.79 Å². The van der Waals surface area contributed by atoms with Crippen molar-refractivity contribution >= 4 is 11.7 Å². The van der Waals surface area contributed by atoms with Gasteiger partial charge in [-0.25, -0.2) is 0 Å². The monoisotopic (exact) mass is 171 g/mol. The fourth-order valence-corrected chi connectivity index (χ4v) is 0.803. The van der Waals surface area contributed by atoms with E-state index < -0.39 is 0 Å². The summed E-state index contributed by atoms with van der Waals surface area (Å²) in [7, 11) is 1.65. The smallest absolute Gasteiger partial charge is 0.188 e. The molecule has 0 fully saturated rings. The van der Waals surface area contributed by atoms with Gasteiger partial charge in [-0.05, 0) is 6.42 Å². The Kier molecular flexibility index (Phi) is 5.08. The predicted octanol–water partition coefficient (Wildman–Crippen LogP) is 0.571. The minimum absolute atomic E-state index is 0.0557. The van der Waals surface area contributed by atoms with Crippen molar-refractivity contribution in [2.75, 3.05) is 13.6 Å². The van der Waals surface area contributed by atoms with Gasteiger partial charge in [-0.15, -0.1) is 0 Å². The fourth-order valence-electron chi connectivity index (χ4n) is 0.803. The standard InChI is InChI=1S/C8H17N3O/c1-3-4-5-7(12)6-11(2)8(9)10/h3-6H2,1-2H3,(H3,9,10). The number of carbonyl (C=O) groups excluding carboxylic acids is 1. The number of Topliss-reactive ketones (excluding diaryl/α,β-unsaturated/α-hetero) is 1. The Morgan fingerprint density at radius 3 is 2.58 bits per heavy atom. The maximum atomic E-state index is 11.1. The van der Waals surface area contributed by atoms with Gasteiger partial charge in [-0.3, -0.25) is 10.2 Å². The van der Waals surface area contributed by atoms with Crippen LogP contribution in [0.4, 0.5) is 0 Å². The molecule has 12 heavy (non-hydrogen) atoms. The quantitative estimate of drug-likeness (QED) is 0.469. The van der Waals surface area contributed by atoms with Gasteiger partial charge in [0.1, 0.15) is 0 Å². The van der Waals surface area contributed by atoms with Crippen LogP contribution in [0.15, 0.2) is 0 Å². The average molecular weight is 171 g/mol. The Labute approximate surface area is 73.2 Å². The number of hydrogen-bond acceptors (Lipinski definition) is 2. The highest BCUT2D eigenvalue weighted by molar-refractivity contribution is 5.85. The van der Waals surface area contributed by atoms with Crippen LogP contribution in [0.3, 0.4) is 0 Å². The second kappa shape index (κ2) is 5.57. The molecular weight excluding hydrogens is 154 g/mol. The lowest BCUT2D eigenvalue weighted by Gasteiger charge is -2.14. The first kappa shape index (κ1) is 10.9. The Morgan fingerprint density at radius 2 is 2.17 bits per heavy atom. The van der Waals surface area contributed by atoms with Crippen molar-refractivity contribution in [3.05, 3.63) is 0 Å². The zero-order valence-corrected chi connectivity index (χ0v) is 7.76. The zero-order valence-electron chi connectivity index (χ0n) is 7.76. The van der Waals surface area contributed by atoms with Crippen LogP contribution < -0.4 is 5.73 Å². The molecule has 0 aliphatic carbocycles. The van der Waals surface area contributed by atoms with Crippen LogP contribution in [-0.4, -0.2) is 30.2 Å². The maximum absolute atomic E-state index is 11.1. The van der Waals surface area contributed by atoms with Crippen molar-refractivity contribution in [2.24, 2.45) is 5.73 Å². The zero-order chi connectivity index (χ0) is 9.56. The molecule has 0 saturated carbocycles. The molecule has 70 valence electrons. The number of unbranched alkanes of at least 4 members (excludes halogenated alkanes) is 1. The summed E-state index contributed by atoms with van der Waals surface area (Å²) in [6, 6.07) is 0. The average Bonchev–Trinajstić information content (AvgIpc) is 2.00. The summed E-state index contributed by atoms with van der Waals surface area (Å²) >= 11 is 0. The van der Waals surface area contributed by atoms with E-state index in [1.54, 1.807) is 7.05 Å². The third-order valence-corrected chi connectivity index (χ3v) is 1.63. The summed E-state index contributed by atoms with van der Waals surface area (Å²) in [4.78, 5) is 12.6. The molecular formula is C8H17N3O. The number of guanidine groups is 1. The summed E-state index contributed by atoms with van der Waals surface area (Å²) in [6.45, 7) is 2.30. The number of likely N-dealkylation sites (N-methyl/N-ethyl adjacent to an activating group) is 1. The van der Waals surface area contributed by atoms with Gasteiger partial charge < -0.3 is 10.6 Å². The Hall–Kier alpha value is -1.06. The normalized spacial score (nSPS) is 9.50. The Morgan fingerprint density at radius 1 is 1.58 bits per heavy atom. The molecule has 0 rings (SSSR count). The van der Waals surface area contributed by atoms with E-state index in [9.17, 15) is 4.79 Å². The predicted molar refractivity (Wildman–Crippen MR) is 49.1 cm³/mol. The number of nitrogens with one attached hydrogen (secondary N) is 1. The van der Waals surface area contributed by atoms with Gasteiger partial charge in [0, 0.05) is 13.5 Å². The maximum Gasteiger partial charge on any atom is 0.188 e. The first-order valence-electron chi connectivity index (χ1n) is 4.14. The second-order valence-electron chi connectivity index (χ2n) is 2.88. The van der Waals surface area contributed by atoms with Crippen LogP contribution in [0.25, 0.3) is 0 Å². The van der Waals surface area contributed by atoms with Crippen molar-refractivity contribution in [1.82, 2.24) is 4.90 Å². The Bertz CT molecular complexity index is 168. The topological polar surface area (TPSA) is 70.2 Å². The van der Waals surface area contributed by atoms with Gasteiger partial charge >= 0.3 is 0 Å². The molecule has 0 heterocycles. The van der Waals surface area contributed by atoms with Gasteiger partial charge in [0.15, 0.2) is 11.7 Å². The van der Waals surface area contributed by atoms with Gasteiger partial charge in [0.2, 0.25) is 0 Å². The first-order chi connectivity index (χ1) is 5.57. The number of nitrogens with two attached hydrogens (primary N) is 1. The van der Waals surface area contributed by atoms with Crippen LogP contribution in [0.1, 0.15) is 26.2 Å². The van der Waals surface area contributed by atoms with E-state index in [2.05, 4.69) is 0 Å². The summed E-state index contributed by atoms with van der Waals surface area (Å²) in [6.07, 6.45) is 2.54. The van der Waals surface area contributed by atoms with E-state index in [-0.39, 0.29) is 18.3 Å². The fraction of sp³-hybridized carbons (Fsp3) is 0.750. The number of ketones is 1. The number of nitrogens with zero attached hydrogens (tertiary/aromatic N) is 1. The molecule has 0 radical (unpaired) electrons. The van der Waals surface area contributed by atoms with Crippen LogP contribution in [-0.2, 0) is 4.79 Å². The molecule has 0 aliphatic heterocycles. The highest BCUT2D eigenvalue weighted by atomic mass is 16.1. The number of carbonyl (C=O) groups is 1. The molecule has 0 amide bonds. The van der Waals surface area contributed by atoms with Crippen molar-refractivity contribution in [2.45, 2.75) is 26.2 Å². The van der Waals surface area contributed by atoms with E-state index in [0.717, 1.165) is 12.8 Å². The minimum Gasteiger partial charge on any atom is -0.370 e. The van der Waals surface area contributed by atoms with Crippen LogP contribution in [0.5, 0.6) is 0 Å². The molecule has 0 atom stereocenters. The molecule has 0 unspecified atom stereocenters. The van der Waals surface area contributed by atoms with Crippen molar-refractivity contribution in [3.63, 3.8) is 0 Å². The van der Waals surface area contributed by atoms with Gasteiger partial charge in [-0.2, -0.15) is 0 Å². The highest BCUT2D eigenvalue weighted by Gasteiger charge is 2.06. The molecule has 0 saturated heterocycles. The van der Waals surface area contributed by atoms with Gasteiger partial charge in [-0.1, -0.05) is 13.3 Å². The summed E-state index contributed by atoms with van der Waals surface area (Å²) in [5, 5.41) is 7.02. The summed E-state index contributed by atoms with van der Waals surface area (Å²) in [5.41, 5.74) is 5.17. The molecule has 0 bridgehead atoms. The SMILES string of the molecule is CCCCC(=O)CN(C)C(=N)N. The first-order valence-corrected chi connectivity index (χ1v) is 4.14. The van der Waals surface area contributed by atoms with Crippen molar-refractivity contribution in [3.8, 4) is 0 Å². The minimum atomic E-state index is -0.0557. The molecule has 4 heteroatoms. The molecule has 4 nitrogen and oxygen atoms in total. The highest BCUT2D eigenvalue weighted by Crippen LogP contribution is 1.96. The number of rotatable bonds is 5. The largest absolute Gasteiger partial charge is 0.370 e. The summed E-state index contributed by atoms with van der Waals surface area (Å²) < 4.78 is 0. The van der Waals surface area contributed by atoms with E-state index >= 15 is 0 Å². The number of hydrogen-bond donors (Lipinski definition) is 2. The van der Waals surface area contributed by atoms with Gasteiger partial charge in [0.25, 0.3) is 0 Å². The van der Waals surface area contributed by atoms with E-state index in [4.69, 9.17) is 11.1 Å². The van der Waals surface area contributed by atoms with Crippen molar-refractivity contribution in [1.29, 1.82) is 5.41 Å². The summed E-state index contributed by atoms with van der Waals surface area (Å²) in [5.74, 6) is 0.0920. The lowest BCUT2D eigenvalue weighted by Crippen LogP contribution is -2.36. The molecule has 3 N–H and O–H groups in total.